The van der Waals surface area contributed by atoms with E-state index in [1.807, 2.05) is 6.92 Å². The molecule has 1 aliphatic rings. The Morgan fingerprint density at radius 1 is 0.929 bits per heavy atom. The van der Waals surface area contributed by atoms with Crippen molar-refractivity contribution >= 4 is 23.2 Å². The van der Waals surface area contributed by atoms with Crippen LogP contribution in [0.3, 0.4) is 0 Å². The summed E-state index contributed by atoms with van der Waals surface area (Å²) in [4.78, 5) is 25.6. The monoisotopic (exact) mass is 384 g/mol. The van der Waals surface area contributed by atoms with Gasteiger partial charge in [-0.2, -0.15) is 0 Å². The number of carbonyl (C=O) groups excluding carboxylic acids is 2. The second-order valence-corrected chi connectivity index (χ2v) is 6.51. The summed E-state index contributed by atoms with van der Waals surface area (Å²) >= 11 is 0. The molecule has 2 aromatic rings. The van der Waals surface area contributed by atoms with Crippen LogP contribution in [0.5, 0.6) is 17.2 Å². The standard InChI is InChI=1S/C21H24N2O5/c1-4-28-15-7-5-14(6-8-15)22-19(24)21(11-12-21)20(25)23-17-13-16(26-2)9-10-18(17)27-3/h5-10,13H,4,11-12H2,1-3H3,(H,22,24)(H,23,25). The van der Waals surface area contributed by atoms with Gasteiger partial charge in [0.2, 0.25) is 11.8 Å². The molecule has 2 aromatic carbocycles. The zero-order chi connectivity index (χ0) is 20.1. The smallest absolute Gasteiger partial charge is 0.240 e. The zero-order valence-electron chi connectivity index (χ0n) is 16.2. The van der Waals surface area contributed by atoms with Gasteiger partial charge in [-0.05, 0) is 56.2 Å². The molecular formula is C21H24N2O5. The molecule has 0 aromatic heterocycles. The molecule has 0 heterocycles. The molecule has 0 unspecified atom stereocenters. The van der Waals surface area contributed by atoms with Gasteiger partial charge in [0.25, 0.3) is 0 Å². The van der Waals surface area contributed by atoms with Crippen LogP contribution in [0.2, 0.25) is 0 Å². The number of rotatable bonds is 8. The van der Waals surface area contributed by atoms with E-state index in [1.54, 1.807) is 49.6 Å². The van der Waals surface area contributed by atoms with Gasteiger partial charge in [-0.25, -0.2) is 0 Å². The normalized spacial score (nSPS) is 14.0. The van der Waals surface area contributed by atoms with Gasteiger partial charge in [0, 0.05) is 11.8 Å². The van der Waals surface area contributed by atoms with E-state index < -0.39 is 5.41 Å². The Morgan fingerprint density at radius 2 is 1.57 bits per heavy atom. The first-order valence-electron chi connectivity index (χ1n) is 9.10. The number of methoxy groups -OCH3 is 2. The Labute approximate surface area is 164 Å². The van der Waals surface area contributed by atoms with Crippen LogP contribution in [0.25, 0.3) is 0 Å². The molecule has 0 aliphatic heterocycles. The van der Waals surface area contributed by atoms with Crippen molar-refractivity contribution in [3.05, 3.63) is 42.5 Å². The van der Waals surface area contributed by atoms with Crippen molar-refractivity contribution < 1.29 is 23.8 Å². The highest BCUT2D eigenvalue weighted by atomic mass is 16.5. The fourth-order valence-corrected chi connectivity index (χ4v) is 2.89. The number of hydrogen-bond acceptors (Lipinski definition) is 5. The lowest BCUT2D eigenvalue weighted by Crippen LogP contribution is -2.35. The lowest BCUT2D eigenvalue weighted by Gasteiger charge is -2.17. The first kappa shape index (κ1) is 19.5. The van der Waals surface area contributed by atoms with E-state index in [-0.39, 0.29) is 11.8 Å². The molecule has 1 aliphatic carbocycles. The maximum absolute atomic E-state index is 12.8. The fraction of sp³-hybridized carbons (Fsp3) is 0.333. The minimum Gasteiger partial charge on any atom is -0.497 e. The molecule has 0 bridgehead atoms. The summed E-state index contributed by atoms with van der Waals surface area (Å²) in [5.74, 6) is 1.12. The predicted octanol–water partition coefficient (Wildman–Crippen LogP) is 3.46. The van der Waals surface area contributed by atoms with Crippen LogP contribution in [0, 0.1) is 5.41 Å². The summed E-state index contributed by atoms with van der Waals surface area (Å²) in [5, 5.41) is 5.63. The third kappa shape index (κ3) is 4.03. The van der Waals surface area contributed by atoms with Crippen LogP contribution in [0.4, 0.5) is 11.4 Å². The molecular weight excluding hydrogens is 360 g/mol. The van der Waals surface area contributed by atoms with Gasteiger partial charge in [-0.15, -0.1) is 0 Å². The number of benzene rings is 2. The predicted molar refractivity (Wildman–Crippen MR) is 106 cm³/mol. The average molecular weight is 384 g/mol. The topological polar surface area (TPSA) is 85.9 Å². The third-order valence-corrected chi connectivity index (χ3v) is 4.70. The van der Waals surface area contributed by atoms with Crippen LogP contribution < -0.4 is 24.8 Å². The molecule has 28 heavy (non-hydrogen) atoms. The van der Waals surface area contributed by atoms with E-state index in [4.69, 9.17) is 14.2 Å². The molecule has 1 fully saturated rings. The lowest BCUT2D eigenvalue weighted by atomic mass is 10.0. The molecule has 7 heteroatoms. The Morgan fingerprint density at radius 3 is 2.14 bits per heavy atom. The van der Waals surface area contributed by atoms with E-state index in [9.17, 15) is 9.59 Å². The quantitative estimate of drug-likeness (QED) is 0.681. The SMILES string of the molecule is CCOc1ccc(NC(=O)C2(C(=O)Nc3cc(OC)ccc3OC)CC2)cc1. The van der Waals surface area contributed by atoms with Gasteiger partial charge < -0.3 is 24.8 Å². The fourth-order valence-electron chi connectivity index (χ4n) is 2.89. The van der Waals surface area contributed by atoms with Crippen molar-refractivity contribution in [2.24, 2.45) is 5.41 Å². The molecule has 7 nitrogen and oxygen atoms in total. The molecule has 2 amide bonds. The van der Waals surface area contributed by atoms with Crippen molar-refractivity contribution in [1.29, 1.82) is 0 Å². The van der Waals surface area contributed by atoms with Crippen molar-refractivity contribution in [3.63, 3.8) is 0 Å². The van der Waals surface area contributed by atoms with Crippen molar-refractivity contribution in [3.8, 4) is 17.2 Å². The Balaban J connectivity index is 1.70. The van der Waals surface area contributed by atoms with E-state index in [0.717, 1.165) is 5.75 Å². The van der Waals surface area contributed by atoms with Crippen LogP contribution in [0.15, 0.2) is 42.5 Å². The number of hydrogen-bond donors (Lipinski definition) is 2. The van der Waals surface area contributed by atoms with E-state index in [0.29, 0.717) is 42.3 Å². The molecule has 2 N–H and O–H groups in total. The van der Waals surface area contributed by atoms with Gasteiger partial charge in [0.05, 0.1) is 26.5 Å². The molecule has 0 spiro atoms. The first-order valence-corrected chi connectivity index (χ1v) is 9.10. The highest BCUT2D eigenvalue weighted by Crippen LogP contribution is 2.48. The minimum absolute atomic E-state index is 0.323. The van der Waals surface area contributed by atoms with E-state index in [1.165, 1.54) is 7.11 Å². The molecule has 0 saturated heterocycles. The Hall–Kier alpha value is -3.22. The van der Waals surface area contributed by atoms with Gasteiger partial charge in [-0.3, -0.25) is 9.59 Å². The maximum Gasteiger partial charge on any atom is 0.240 e. The average Bonchev–Trinajstić information content (AvgIpc) is 3.52. The third-order valence-electron chi connectivity index (χ3n) is 4.70. The van der Waals surface area contributed by atoms with E-state index >= 15 is 0 Å². The first-order chi connectivity index (χ1) is 13.5. The van der Waals surface area contributed by atoms with Gasteiger partial charge in [0.15, 0.2) is 0 Å². The van der Waals surface area contributed by atoms with Crippen molar-refractivity contribution in [2.75, 3.05) is 31.5 Å². The number of ether oxygens (including phenoxy) is 3. The lowest BCUT2D eigenvalue weighted by molar-refractivity contribution is -0.131. The largest absolute Gasteiger partial charge is 0.497 e. The number of carbonyl (C=O) groups is 2. The zero-order valence-corrected chi connectivity index (χ0v) is 16.2. The molecule has 3 rings (SSSR count). The Kier molecular flexibility index (Phi) is 5.73. The molecule has 0 atom stereocenters. The van der Waals surface area contributed by atoms with Crippen LogP contribution in [0.1, 0.15) is 19.8 Å². The summed E-state index contributed by atoms with van der Waals surface area (Å²) in [5.41, 5.74) is 0.00522. The number of anilines is 2. The van der Waals surface area contributed by atoms with Gasteiger partial charge in [0.1, 0.15) is 22.7 Å². The second-order valence-electron chi connectivity index (χ2n) is 6.51. The summed E-state index contributed by atoms with van der Waals surface area (Å²) in [6.07, 6.45) is 0.988. The number of amides is 2. The molecule has 1 saturated carbocycles. The second kappa shape index (κ2) is 8.21. The highest BCUT2D eigenvalue weighted by Gasteiger charge is 2.56. The summed E-state index contributed by atoms with van der Waals surface area (Å²) in [7, 11) is 3.06. The van der Waals surface area contributed by atoms with Crippen LogP contribution in [-0.4, -0.2) is 32.6 Å². The minimum atomic E-state index is -1.08. The molecule has 0 radical (unpaired) electrons. The maximum atomic E-state index is 12.8. The van der Waals surface area contributed by atoms with Crippen LogP contribution >= 0.6 is 0 Å². The number of nitrogens with one attached hydrogen (secondary N) is 2. The van der Waals surface area contributed by atoms with Crippen molar-refractivity contribution in [2.45, 2.75) is 19.8 Å². The highest BCUT2D eigenvalue weighted by molar-refractivity contribution is 6.17. The summed E-state index contributed by atoms with van der Waals surface area (Å²) < 4.78 is 15.9. The van der Waals surface area contributed by atoms with E-state index in [2.05, 4.69) is 10.6 Å². The van der Waals surface area contributed by atoms with Gasteiger partial charge in [-0.1, -0.05) is 0 Å². The Bertz CT molecular complexity index is 860. The van der Waals surface area contributed by atoms with Gasteiger partial charge >= 0.3 is 0 Å². The van der Waals surface area contributed by atoms with Crippen molar-refractivity contribution in [1.82, 2.24) is 0 Å². The molecule has 148 valence electrons. The summed E-state index contributed by atoms with van der Waals surface area (Å²) in [6, 6.07) is 12.2. The van der Waals surface area contributed by atoms with Crippen LogP contribution in [-0.2, 0) is 9.59 Å². The summed E-state index contributed by atoms with van der Waals surface area (Å²) in [6.45, 7) is 2.48.